The van der Waals surface area contributed by atoms with Crippen molar-refractivity contribution in [1.82, 2.24) is 5.32 Å². The van der Waals surface area contributed by atoms with Gasteiger partial charge in [-0.05, 0) is 49.4 Å². The van der Waals surface area contributed by atoms with E-state index in [1.54, 1.807) is 7.11 Å². The van der Waals surface area contributed by atoms with Gasteiger partial charge in [0.1, 0.15) is 5.75 Å². The number of ether oxygens (including phenoxy) is 1. The van der Waals surface area contributed by atoms with E-state index in [1.807, 2.05) is 19.1 Å². The summed E-state index contributed by atoms with van der Waals surface area (Å²) in [6.45, 7) is 9.35. The van der Waals surface area contributed by atoms with Gasteiger partial charge in [0.15, 0.2) is 5.78 Å². The summed E-state index contributed by atoms with van der Waals surface area (Å²) in [5, 5.41) is 3.29. The third-order valence-electron chi connectivity index (χ3n) is 4.00. The molecule has 1 heterocycles. The van der Waals surface area contributed by atoms with E-state index in [0.29, 0.717) is 0 Å². The molecule has 2 rings (SSSR count). The summed E-state index contributed by atoms with van der Waals surface area (Å²) in [7, 11) is 1.68. The van der Waals surface area contributed by atoms with Gasteiger partial charge in [-0.25, -0.2) is 0 Å². The fraction of sp³-hybridized carbons (Fsp3) is 0.588. The number of Topliss-reactive ketones (excluding diaryl/α,β-unsaturated/α-hetero) is 1. The van der Waals surface area contributed by atoms with Crippen molar-refractivity contribution in [3.8, 4) is 5.75 Å². The van der Waals surface area contributed by atoms with E-state index in [0.717, 1.165) is 41.8 Å². The Morgan fingerprint density at radius 1 is 1.35 bits per heavy atom. The van der Waals surface area contributed by atoms with Crippen molar-refractivity contribution in [3.05, 3.63) is 28.8 Å². The molecule has 0 saturated carbocycles. The molecule has 1 aromatic rings. The highest BCUT2D eigenvalue weighted by Gasteiger charge is 2.27. The molecule has 1 N–H and O–H groups in total. The first-order chi connectivity index (χ1) is 9.34. The predicted molar refractivity (Wildman–Crippen MR) is 81.8 cm³/mol. The van der Waals surface area contributed by atoms with Crippen molar-refractivity contribution in [2.24, 2.45) is 0 Å². The smallest absolute Gasteiger partial charge is 0.180 e. The number of hydrogen-bond donors (Lipinski definition) is 1. The summed E-state index contributed by atoms with van der Waals surface area (Å²) in [4.78, 5) is 12.6. The number of carbonyl (C=O) groups excluding carboxylic acids is 1. The first-order valence-corrected chi connectivity index (χ1v) is 7.31. The van der Waals surface area contributed by atoms with Gasteiger partial charge in [0.25, 0.3) is 0 Å². The van der Waals surface area contributed by atoms with Gasteiger partial charge in [0.05, 0.1) is 13.2 Å². The van der Waals surface area contributed by atoms with Gasteiger partial charge in [0.2, 0.25) is 0 Å². The van der Waals surface area contributed by atoms with E-state index < -0.39 is 0 Å². The normalized spacial score (nSPS) is 19.1. The number of ketones is 1. The Morgan fingerprint density at radius 2 is 2.05 bits per heavy atom. The van der Waals surface area contributed by atoms with Crippen LogP contribution in [0.15, 0.2) is 12.1 Å². The molecule has 0 aromatic heterocycles. The molecule has 1 saturated heterocycles. The van der Waals surface area contributed by atoms with E-state index in [2.05, 4.69) is 26.1 Å². The maximum atomic E-state index is 12.6. The number of hydrogen-bond acceptors (Lipinski definition) is 3. The van der Waals surface area contributed by atoms with Gasteiger partial charge in [-0.3, -0.25) is 4.79 Å². The second kappa shape index (κ2) is 5.57. The lowest BCUT2D eigenvalue weighted by molar-refractivity contribution is 0.0951. The van der Waals surface area contributed by atoms with Crippen LogP contribution >= 0.6 is 0 Å². The van der Waals surface area contributed by atoms with Gasteiger partial charge in [-0.2, -0.15) is 0 Å². The summed E-state index contributed by atoms with van der Waals surface area (Å²) in [6.07, 6.45) is 2.02. The monoisotopic (exact) mass is 275 g/mol. The minimum atomic E-state index is -0.0445. The molecule has 20 heavy (non-hydrogen) atoms. The molecule has 0 aliphatic carbocycles. The SMILES string of the molecule is COc1cc(C)c(C(=O)C2CCCN2)cc1C(C)(C)C. The van der Waals surface area contributed by atoms with Crippen molar-refractivity contribution < 1.29 is 9.53 Å². The van der Waals surface area contributed by atoms with Crippen molar-refractivity contribution in [1.29, 1.82) is 0 Å². The Balaban J connectivity index is 2.45. The Hall–Kier alpha value is -1.35. The Morgan fingerprint density at radius 3 is 2.55 bits per heavy atom. The van der Waals surface area contributed by atoms with E-state index in [9.17, 15) is 4.79 Å². The van der Waals surface area contributed by atoms with Crippen LogP contribution in [-0.2, 0) is 5.41 Å². The molecule has 0 radical (unpaired) electrons. The number of aryl methyl sites for hydroxylation is 1. The van der Waals surface area contributed by atoms with Crippen LogP contribution in [0.5, 0.6) is 5.75 Å². The third kappa shape index (κ3) is 2.88. The highest BCUT2D eigenvalue weighted by molar-refractivity contribution is 6.01. The van der Waals surface area contributed by atoms with Crippen LogP contribution in [-0.4, -0.2) is 25.5 Å². The van der Waals surface area contributed by atoms with Gasteiger partial charge in [0, 0.05) is 11.1 Å². The maximum absolute atomic E-state index is 12.6. The summed E-state index contributed by atoms with van der Waals surface area (Å²) in [5.74, 6) is 1.08. The average Bonchev–Trinajstić information content (AvgIpc) is 2.89. The third-order valence-corrected chi connectivity index (χ3v) is 4.00. The Bertz CT molecular complexity index is 508. The molecule has 3 nitrogen and oxygen atoms in total. The quantitative estimate of drug-likeness (QED) is 0.861. The minimum Gasteiger partial charge on any atom is -0.496 e. The van der Waals surface area contributed by atoms with Crippen LogP contribution in [0.1, 0.15) is 55.1 Å². The van der Waals surface area contributed by atoms with Gasteiger partial charge in [-0.1, -0.05) is 20.8 Å². The van der Waals surface area contributed by atoms with Crippen molar-refractivity contribution in [2.45, 2.75) is 52.0 Å². The molecule has 1 atom stereocenters. The molecule has 1 aromatic carbocycles. The number of methoxy groups -OCH3 is 1. The summed E-state index contributed by atoms with van der Waals surface area (Å²) in [5.41, 5.74) is 2.87. The maximum Gasteiger partial charge on any atom is 0.180 e. The number of carbonyl (C=O) groups is 1. The van der Waals surface area contributed by atoms with E-state index in [1.165, 1.54) is 0 Å². The summed E-state index contributed by atoms with van der Waals surface area (Å²) >= 11 is 0. The standard InChI is InChI=1S/C17H25NO2/c1-11-9-15(20-5)13(17(2,3)4)10-12(11)16(19)14-7-6-8-18-14/h9-10,14,18H,6-8H2,1-5H3. The topological polar surface area (TPSA) is 38.3 Å². The molecule has 1 unspecified atom stereocenters. The first-order valence-electron chi connectivity index (χ1n) is 7.31. The number of nitrogens with one attached hydrogen (secondary N) is 1. The Kier molecular flexibility index (Phi) is 4.19. The van der Waals surface area contributed by atoms with E-state index >= 15 is 0 Å². The molecule has 0 amide bonds. The highest BCUT2D eigenvalue weighted by Crippen LogP contribution is 2.34. The lowest BCUT2D eigenvalue weighted by atomic mass is 9.83. The van der Waals surface area contributed by atoms with Crippen LogP contribution in [0.2, 0.25) is 0 Å². The van der Waals surface area contributed by atoms with Gasteiger partial charge < -0.3 is 10.1 Å². The molecule has 110 valence electrons. The van der Waals surface area contributed by atoms with E-state index in [4.69, 9.17) is 4.74 Å². The summed E-state index contributed by atoms with van der Waals surface area (Å²) < 4.78 is 5.49. The molecule has 0 bridgehead atoms. The fourth-order valence-electron chi connectivity index (χ4n) is 2.80. The zero-order chi connectivity index (χ0) is 14.9. The van der Waals surface area contributed by atoms with Crippen LogP contribution in [0.4, 0.5) is 0 Å². The largest absolute Gasteiger partial charge is 0.496 e. The zero-order valence-corrected chi connectivity index (χ0v) is 13.2. The molecule has 1 fully saturated rings. The molecule has 0 spiro atoms. The first kappa shape index (κ1) is 15.0. The minimum absolute atomic E-state index is 0.0186. The van der Waals surface area contributed by atoms with E-state index in [-0.39, 0.29) is 17.2 Å². The van der Waals surface area contributed by atoms with Crippen molar-refractivity contribution in [2.75, 3.05) is 13.7 Å². The fourth-order valence-corrected chi connectivity index (χ4v) is 2.80. The van der Waals surface area contributed by atoms with Gasteiger partial charge >= 0.3 is 0 Å². The second-order valence-corrected chi connectivity index (χ2v) is 6.63. The lowest BCUT2D eigenvalue weighted by Crippen LogP contribution is -2.31. The Labute approximate surface area is 121 Å². The highest BCUT2D eigenvalue weighted by atomic mass is 16.5. The van der Waals surface area contributed by atoms with Gasteiger partial charge in [-0.15, -0.1) is 0 Å². The molecule has 1 aliphatic rings. The molecular weight excluding hydrogens is 250 g/mol. The molecular formula is C17H25NO2. The van der Waals surface area contributed by atoms with Crippen molar-refractivity contribution >= 4 is 5.78 Å². The number of benzene rings is 1. The van der Waals surface area contributed by atoms with Crippen LogP contribution in [0, 0.1) is 6.92 Å². The lowest BCUT2D eigenvalue weighted by Gasteiger charge is -2.24. The van der Waals surface area contributed by atoms with Crippen molar-refractivity contribution in [3.63, 3.8) is 0 Å². The predicted octanol–water partition coefficient (Wildman–Crippen LogP) is 3.24. The molecule has 1 aliphatic heterocycles. The zero-order valence-electron chi connectivity index (χ0n) is 13.2. The van der Waals surface area contributed by atoms with Crippen LogP contribution < -0.4 is 10.1 Å². The summed E-state index contributed by atoms with van der Waals surface area (Å²) in [6, 6.07) is 3.99. The number of rotatable bonds is 3. The van der Waals surface area contributed by atoms with Crippen LogP contribution in [0.25, 0.3) is 0 Å². The molecule has 3 heteroatoms. The van der Waals surface area contributed by atoms with Crippen LogP contribution in [0.3, 0.4) is 0 Å². The average molecular weight is 275 g/mol. The second-order valence-electron chi connectivity index (χ2n) is 6.63.